The van der Waals surface area contributed by atoms with Crippen LogP contribution in [0.25, 0.3) is 0 Å². The van der Waals surface area contributed by atoms with Crippen molar-refractivity contribution in [3.8, 4) is 0 Å². The van der Waals surface area contributed by atoms with Gasteiger partial charge < -0.3 is 0 Å². The molecule has 0 bridgehead atoms. The van der Waals surface area contributed by atoms with Gasteiger partial charge in [-0.25, -0.2) is 5.01 Å². The molecule has 0 saturated heterocycles. The third kappa shape index (κ3) is 5.82. The number of hydrogen-bond donors (Lipinski definition) is 2. The van der Waals surface area contributed by atoms with Gasteiger partial charge in [0.25, 0.3) is 10.1 Å². The number of nitrogens with two attached hydrogens (primary N) is 1. The third-order valence-corrected chi connectivity index (χ3v) is 2.88. The van der Waals surface area contributed by atoms with Crippen LogP contribution in [0.15, 0.2) is 30.3 Å². The molecule has 6 heteroatoms. The average Bonchev–Trinajstić information content (AvgIpc) is 2.17. The summed E-state index contributed by atoms with van der Waals surface area (Å²) in [6, 6.07) is 9.65. The van der Waals surface area contributed by atoms with Gasteiger partial charge in [-0.15, -0.1) is 0 Å². The first-order valence-electron chi connectivity index (χ1n) is 4.96. The summed E-state index contributed by atoms with van der Waals surface area (Å²) in [6.45, 7) is 0.987. The molecule has 0 unspecified atom stereocenters. The molecule has 1 aromatic carbocycles. The van der Waals surface area contributed by atoms with Gasteiger partial charge in [-0.1, -0.05) is 30.3 Å². The molecule has 0 saturated carbocycles. The Bertz CT molecular complexity index is 405. The zero-order valence-corrected chi connectivity index (χ0v) is 9.73. The summed E-state index contributed by atoms with van der Waals surface area (Å²) in [6.07, 6.45) is 0.322. The maximum absolute atomic E-state index is 10.5. The molecule has 0 aromatic heterocycles. The van der Waals surface area contributed by atoms with Crippen LogP contribution >= 0.6 is 0 Å². The van der Waals surface area contributed by atoms with Crippen LogP contribution in [0.5, 0.6) is 0 Å². The Morgan fingerprint density at radius 2 is 1.88 bits per heavy atom. The first-order chi connectivity index (χ1) is 7.47. The van der Waals surface area contributed by atoms with Crippen molar-refractivity contribution in [2.24, 2.45) is 5.84 Å². The zero-order valence-electron chi connectivity index (χ0n) is 8.91. The normalized spacial score (nSPS) is 11.9. The van der Waals surface area contributed by atoms with E-state index in [1.807, 2.05) is 30.3 Å². The van der Waals surface area contributed by atoms with E-state index in [4.69, 9.17) is 10.4 Å². The second kappa shape index (κ2) is 5.95. The van der Waals surface area contributed by atoms with Crippen molar-refractivity contribution >= 4 is 10.1 Å². The molecule has 5 nitrogen and oxygen atoms in total. The quantitative estimate of drug-likeness (QED) is 0.436. The maximum Gasteiger partial charge on any atom is 0.264 e. The Morgan fingerprint density at radius 1 is 1.25 bits per heavy atom. The average molecular weight is 244 g/mol. The molecule has 90 valence electrons. The van der Waals surface area contributed by atoms with E-state index in [0.29, 0.717) is 19.5 Å². The van der Waals surface area contributed by atoms with Crippen molar-refractivity contribution < 1.29 is 13.0 Å². The Balaban J connectivity index is 2.29. The highest BCUT2D eigenvalue weighted by Crippen LogP contribution is 2.01. The van der Waals surface area contributed by atoms with E-state index in [1.54, 1.807) is 0 Å². The molecule has 0 aliphatic heterocycles. The van der Waals surface area contributed by atoms with Gasteiger partial charge in [0.05, 0.1) is 5.75 Å². The molecule has 1 aromatic rings. The first-order valence-corrected chi connectivity index (χ1v) is 6.57. The number of hydrazine groups is 1. The highest BCUT2D eigenvalue weighted by molar-refractivity contribution is 7.85. The molecule has 0 radical (unpaired) electrons. The van der Waals surface area contributed by atoms with Gasteiger partial charge in [0.1, 0.15) is 0 Å². The number of nitrogens with zero attached hydrogens (tertiary/aromatic N) is 1. The summed E-state index contributed by atoms with van der Waals surface area (Å²) < 4.78 is 29.5. The lowest BCUT2D eigenvalue weighted by Crippen LogP contribution is -2.32. The molecule has 0 aliphatic carbocycles. The summed E-state index contributed by atoms with van der Waals surface area (Å²) in [5.41, 5.74) is 1.07. The monoisotopic (exact) mass is 244 g/mol. The van der Waals surface area contributed by atoms with E-state index >= 15 is 0 Å². The molecule has 0 aliphatic rings. The number of hydrogen-bond acceptors (Lipinski definition) is 4. The van der Waals surface area contributed by atoms with E-state index in [0.717, 1.165) is 5.56 Å². The smallest absolute Gasteiger partial charge is 0.264 e. The van der Waals surface area contributed by atoms with Crippen molar-refractivity contribution in [3.63, 3.8) is 0 Å². The molecular weight excluding hydrogens is 228 g/mol. The summed E-state index contributed by atoms with van der Waals surface area (Å²) in [5.74, 6) is 5.44. The second-order valence-corrected chi connectivity index (χ2v) is 5.17. The predicted molar refractivity (Wildman–Crippen MR) is 62.1 cm³/mol. The fraction of sp³-hybridized carbons (Fsp3) is 0.400. The van der Waals surface area contributed by atoms with Crippen molar-refractivity contribution in [1.82, 2.24) is 5.01 Å². The Kier molecular flexibility index (Phi) is 4.88. The van der Waals surface area contributed by atoms with Crippen molar-refractivity contribution in [2.75, 3.05) is 12.3 Å². The highest BCUT2D eigenvalue weighted by atomic mass is 32.2. The molecule has 0 amide bonds. The van der Waals surface area contributed by atoms with Crippen molar-refractivity contribution in [3.05, 3.63) is 35.9 Å². The largest absolute Gasteiger partial charge is 0.286 e. The number of benzene rings is 1. The van der Waals surface area contributed by atoms with Gasteiger partial charge in [-0.3, -0.25) is 10.4 Å². The molecule has 0 fully saturated rings. The zero-order chi connectivity index (χ0) is 12.0. The SMILES string of the molecule is NN(CCCS(=O)(=O)O)Cc1ccccc1. The van der Waals surface area contributed by atoms with Crippen LogP contribution in [0.4, 0.5) is 0 Å². The molecule has 1 rings (SSSR count). The maximum atomic E-state index is 10.5. The highest BCUT2D eigenvalue weighted by Gasteiger charge is 2.06. The second-order valence-electron chi connectivity index (χ2n) is 3.60. The Labute approximate surface area is 95.6 Å². The lowest BCUT2D eigenvalue weighted by molar-refractivity contribution is 0.275. The molecule has 0 spiro atoms. The minimum absolute atomic E-state index is 0.254. The minimum Gasteiger partial charge on any atom is -0.286 e. The van der Waals surface area contributed by atoms with Crippen LogP contribution in [0, 0.1) is 0 Å². The van der Waals surface area contributed by atoms with Gasteiger partial charge in [-0.05, 0) is 12.0 Å². The van der Waals surface area contributed by atoms with Gasteiger partial charge in [0.2, 0.25) is 0 Å². The van der Waals surface area contributed by atoms with Gasteiger partial charge in [-0.2, -0.15) is 8.42 Å². The summed E-state index contributed by atoms with van der Waals surface area (Å²) >= 11 is 0. The fourth-order valence-corrected chi connectivity index (χ4v) is 1.84. The Hall–Kier alpha value is -0.950. The van der Waals surface area contributed by atoms with E-state index in [1.165, 1.54) is 5.01 Å². The summed E-state index contributed by atoms with van der Waals surface area (Å²) in [7, 11) is -3.87. The minimum atomic E-state index is -3.87. The summed E-state index contributed by atoms with van der Waals surface area (Å²) in [5, 5.41) is 1.53. The number of rotatable bonds is 6. The standard InChI is InChI=1S/C10H16N2O3S/c11-12(7-4-8-16(13,14)15)9-10-5-2-1-3-6-10/h1-3,5-6H,4,7-9,11H2,(H,13,14,15). The van der Waals surface area contributed by atoms with E-state index in [9.17, 15) is 8.42 Å². The molecule has 0 heterocycles. The lowest BCUT2D eigenvalue weighted by Gasteiger charge is -2.15. The topological polar surface area (TPSA) is 83.6 Å². The van der Waals surface area contributed by atoms with Gasteiger partial charge in [0, 0.05) is 13.1 Å². The van der Waals surface area contributed by atoms with Crippen LogP contribution in [0.2, 0.25) is 0 Å². The lowest BCUT2D eigenvalue weighted by atomic mass is 10.2. The van der Waals surface area contributed by atoms with Gasteiger partial charge in [0.15, 0.2) is 0 Å². The van der Waals surface area contributed by atoms with Crippen molar-refractivity contribution in [2.45, 2.75) is 13.0 Å². The first kappa shape index (κ1) is 13.1. The van der Waals surface area contributed by atoms with E-state index < -0.39 is 10.1 Å². The van der Waals surface area contributed by atoms with E-state index in [2.05, 4.69) is 0 Å². The molecule has 16 heavy (non-hydrogen) atoms. The third-order valence-electron chi connectivity index (χ3n) is 2.08. The van der Waals surface area contributed by atoms with Crippen LogP contribution in [-0.4, -0.2) is 30.3 Å². The van der Waals surface area contributed by atoms with Crippen LogP contribution in [-0.2, 0) is 16.7 Å². The Morgan fingerprint density at radius 3 is 2.44 bits per heavy atom. The van der Waals surface area contributed by atoms with Crippen molar-refractivity contribution in [1.29, 1.82) is 0 Å². The van der Waals surface area contributed by atoms with E-state index in [-0.39, 0.29) is 5.75 Å². The molecule has 3 N–H and O–H groups in total. The van der Waals surface area contributed by atoms with Crippen LogP contribution in [0.3, 0.4) is 0 Å². The van der Waals surface area contributed by atoms with Crippen LogP contribution in [0.1, 0.15) is 12.0 Å². The molecule has 0 atom stereocenters. The van der Waals surface area contributed by atoms with Crippen LogP contribution < -0.4 is 5.84 Å². The molecular formula is C10H16N2O3S. The van der Waals surface area contributed by atoms with Gasteiger partial charge >= 0.3 is 0 Å². The predicted octanol–water partition coefficient (Wildman–Crippen LogP) is 0.640. The fourth-order valence-electron chi connectivity index (χ4n) is 1.35. The summed E-state index contributed by atoms with van der Waals surface area (Å²) in [4.78, 5) is 0.